The van der Waals surface area contributed by atoms with Gasteiger partial charge in [0, 0.05) is 19.0 Å². The highest BCUT2D eigenvalue weighted by molar-refractivity contribution is 7.21. The summed E-state index contributed by atoms with van der Waals surface area (Å²) < 4.78 is 0.800. The topological polar surface area (TPSA) is 62.3 Å². The van der Waals surface area contributed by atoms with Gasteiger partial charge in [-0.1, -0.05) is 41.7 Å². The van der Waals surface area contributed by atoms with E-state index in [0.717, 1.165) is 46.8 Å². The standard InChI is InChI=1S/C20H21N3O2S2/c1-13(14-5-3-2-4-6-14)21-18(24)15-7-10-23(11-8-15)20-22-16-9-12-26-17(16)19(25)27-20/h2-6,9,12-13,15H,7-8,10-11H2,1H3,(H,21,24). The molecule has 1 saturated heterocycles. The van der Waals surface area contributed by atoms with Crippen molar-refractivity contribution in [1.82, 2.24) is 10.3 Å². The van der Waals surface area contributed by atoms with Crippen LogP contribution < -0.4 is 15.0 Å². The van der Waals surface area contributed by atoms with Crippen molar-refractivity contribution in [2.75, 3.05) is 18.0 Å². The monoisotopic (exact) mass is 399 g/mol. The van der Waals surface area contributed by atoms with Crippen LogP contribution in [0.4, 0.5) is 5.13 Å². The molecule has 140 valence electrons. The van der Waals surface area contributed by atoms with Crippen LogP contribution in [0.1, 0.15) is 31.4 Å². The summed E-state index contributed by atoms with van der Waals surface area (Å²) in [7, 11) is 0. The first-order valence-electron chi connectivity index (χ1n) is 9.10. The second-order valence-corrected chi connectivity index (χ2v) is 8.68. The summed E-state index contributed by atoms with van der Waals surface area (Å²) in [5.41, 5.74) is 1.89. The summed E-state index contributed by atoms with van der Waals surface area (Å²) in [6.45, 7) is 3.51. The molecule has 4 rings (SSSR count). The molecule has 1 atom stereocenters. The third-order valence-corrected chi connectivity index (χ3v) is 6.98. The molecule has 7 heteroatoms. The number of aromatic nitrogens is 1. The van der Waals surface area contributed by atoms with Gasteiger partial charge in [-0.05, 0) is 36.8 Å². The Hall–Kier alpha value is -2.25. The summed E-state index contributed by atoms with van der Waals surface area (Å²) in [5, 5.41) is 5.80. The Morgan fingerprint density at radius 1 is 1.22 bits per heavy atom. The maximum Gasteiger partial charge on any atom is 0.255 e. The Bertz CT molecular complexity index is 991. The zero-order valence-electron chi connectivity index (χ0n) is 15.1. The Morgan fingerprint density at radius 3 is 2.70 bits per heavy atom. The molecule has 0 bridgehead atoms. The lowest BCUT2D eigenvalue weighted by molar-refractivity contribution is -0.126. The van der Waals surface area contributed by atoms with Crippen molar-refractivity contribution in [2.45, 2.75) is 25.8 Å². The Labute approximate surface area is 165 Å². The molecule has 3 heterocycles. The van der Waals surface area contributed by atoms with E-state index in [9.17, 15) is 9.59 Å². The van der Waals surface area contributed by atoms with Crippen LogP contribution in [-0.4, -0.2) is 24.0 Å². The van der Waals surface area contributed by atoms with E-state index >= 15 is 0 Å². The van der Waals surface area contributed by atoms with Crippen molar-refractivity contribution in [2.24, 2.45) is 5.92 Å². The summed E-state index contributed by atoms with van der Waals surface area (Å²) in [5.74, 6) is 0.120. The second kappa shape index (κ2) is 7.78. The van der Waals surface area contributed by atoms with Gasteiger partial charge >= 0.3 is 0 Å². The van der Waals surface area contributed by atoms with E-state index in [-0.39, 0.29) is 22.6 Å². The molecular formula is C20H21N3O2S2. The van der Waals surface area contributed by atoms with Gasteiger partial charge in [0.05, 0.1) is 11.6 Å². The van der Waals surface area contributed by atoms with Gasteiger partial charge in [-0.3, -0.25) is 9.59 Å². The zero-order chi connectivity index (χ0) is 18.8. The molecule has 5 nitrogen and oxygen atoms in total. The van der Waals surface area contributed by atoms with E-state index in [2.05, 4.69) is 15.2 Å². The van der Waals surface area contributed by atoms with Gasteiger partial charge in [-0.25, -0.2) is 4.98 Å². The third-order valence-electron chi connectivity index (χ3n) is 5.02. The Kier molecular flexibility index (Phi) is 5.22. The van der Waals surface area contributed by atoms with E-state index in [4.69, 9.17) is 0 Å². The summed E-state index contributed by atoms with van der Waals surface area (Å²) in [4.78, 5) is 31.6. The molecule has 1 aromatic carbocycles. The molecule has 0 aliphatic carbocycles. The third kappa shape index (κ3) is 3.89. The predicted molar refractivity (Wildman–Crippen MR) is 112 cm³/mol. The van der Waals surface area contributed by atoms with Crippen LogP contribution in [-0.2, 0) is 4.79 Å². The number of carbonyl (C=O) groups excluding carboxylic acids is 1. The van der Waals surface area contributed by atoms with Crippen LogP contribution in [0, 0.1) is 5.92 Å². The lowest BCUT2D eigenvalue weighted by atomic mass is 9.95. The molecule has 0 saturated carbocycles. The number of carbonyl (C=O) groups is 1. The highest BCUT2D eigenvalue weighted by atomic mass is 32.1. The van der Waals surface area contributed by atoms with Crippen LogP contribution in [0.25, 0.3) is 10.2 Å². The van der Waals surface area contributed by atoms with Crippen LogP contribution in [0.3, 0.4) is 0 Å². The highest BCUT2D eigenvalue weighted by Gasteiger charge is 2.27. The highest BCUT2D eigenvalue weighted by Crippen LogP contribution is 2.27. The van der Waals surface area contributed by atoms with Crippen molar-refractivity contribution >= 4 is 43.9 Å². The summed E-state index contributed by atoms with van der Waals surface area (Å²) >= 11 is 2.65. The SMILES string of the molecule is CC(NC(=O)C1CCN(c2nc3ccsc3c(=O)s2)CC1)c1ccccc1. The van der Waals surface area contributed by atoms with Crippen LogP contribution in [0.2, 0.25) is 0 Å². The lowest BCUT2D eigenvalue weighted by Crippen LogP contribution is -2.41. The van der Waals surface area contributed by atoms with Gasteiger partial charge in [0.1, 0.15) is 4.70 Å². The fourth-order valence-electron chi connectivity index (χ4n) is 3.42. The average molecular weight is 400 g/mol. The maximum absolute atomic E-state index is 12.6. The maximum atomic E-state index is 12.6. The van der Waals surface area contributed by atoms with E-state index < -0.39 is 0 Å². The number of anilines is 1. The van der Waals surface area contributed by atoms with Crippen LogP contribution in [0.5, 0.6) is 0 Å². The molecule has 0 radical (unpaired) electrons. The van der Waals surface area contributed by atoms with Crippen molar-refractivity contribution in [1.29, 1.82) is 0 Å². The van der Waals surface area contributed by atoms with Gasteiger partial charge in [-0.2, -0.15) is 0 Å². The molecule has 27 heavy (non-hydrogen) atoms. The molecule has 3 aromatic rings. The van der Waals surface area contributed by atoms with Gasteiger partial charge in [0.15, 0.2) is 5.13 Å². The minimum Gasteiger partial charge on any atom is -0.349 e. The van der Waals surface area contributed by atoms with E-state index in [1.807, 2.05) is 48.7 Å². The number of fused-ring (bicyclic) bond motifs is 1. The van der Waals surface area contributed by atoms with Crippen molar-refractivity contribution in [3.05, 3.63) is 56.9 Å². The smallest absolute Gasteiger partial charge is 0.255 e. The molecule has 1 aliphatic rings. The number of hydrogen-bond acceptors (Lipinski definition) is 6. The zero-order valence-corrected chi connectivity index (χ0v) is 16.7. The van der Waals surface area contributed by atoms with Crippen molar-refractivity contribution in [3.8, 4) is 0 Å². The summed E-state index contributed by atoms with van der Waals surface area (Å²) in [6, 6.07) is 11.9. The van der Waals surface area contributed by atoms with Crippen LogP contribution in [0.15, 0.2) is 46.6 Å². The molecule has 1 aliphatic heterocycles. The fraction of sp³-hybridized carbons (Fsp3) is 0.350. The predicted octanol–water partition coefficient (Wildman–Crippen LogP) is 3.81. The minimum atomic E-state index is 0.00429. The van der Waals surface area contributed by atoms with Crippen molar-refractivity contribution < 1.29 is 4.79 Å². The van der Waals surface area contributed by atoms with Gasteiger partial charge < -0.3 is 10.2 Å². The number of nitrogens with one attached hydrogen (secondary N) is 1. The van der Waals surface area contributed by atoms with Gasteiger partial charge in [-0.15, -0.1) is 11.3 Å². The average Bonchev–Trinajstić information content (AvgIpc) is 3.18. The number of thiophene rings is 1. The molecule has 2 aromatic heterocycles. The number of piperidine rings is 1. The molecule has 1 N–H and O–H groups in total. The first-order chi connectivity index (χ1) is 13.1. The minimum absolute atomic E-state index is 0.00429. The van der Waals surface area contributed by atoms with Gasteiger partial charge in [0.25, 0.3) is 4.74 Å². The van der Waals surface area contributed by atoms with Gasteiger partial charge in [0.2, 0.25) is 5.91 Å². The number of hydrogen-bond donors (Lipinski definition) is 1. The van der Waals surface area contributed by atoms with Crippen molar-refractivity contribution in [3.63, 3.8) is 0 Å². The molecule has 0 spiro atoms. The number of amides is 1. The quantitative estimate of drug-likeness (QED) is 0.725. The molecule has 1 amide bonds. The largest absolute Gasteiger partial charge is 0.349 e. The lowest BCUT2D eigenvalue weighted by Gasteiger charge is -2.32. The molecule has 1 unspecified atom stereocenters. The van der Waals surface area contributed by atoms with Crippen LogP contribution >= 0.6 is 22.7 Å². The first-order valence-corrected chi connectivity index (χ1v) is 10.8. The normalized spacial score (nSPS) is 16.4. The number of rotatable bonds is 4. The second-order valence-electron chi connectivity index (χ2n) is 6.82. The molecule has 1 fully saturated rings. The number of nitrogens with zero attached hydrogens (tertiary/aromatic N) is 2. The molecular weight excluding hydrogens is 378 g/mol. The van der Waals surface area contributed by atoms with E-state index in [1.165, 1.54) is 22.7 Å². The summed E-state index contributed by atoms with van der Waals surface area (Å²) in [6.07, 6.45) is 1.55. The van der Waals surface area contributed by atoms with E-state index in [1.54, 1.807) is 0 Å². The fourth-order valence-corrected chi connectivity index (χ4v) is 5.17. The Morgan fingerprint density at radius 2 is 1.96 bits per heavy atom. The van der Waals surface area contributed by atoms with E-state index in [0.29, 0.717) is 0 Å². The Balaban J connectivity index is 1.38. The first kappa shape index (κ1) is 18.1. The number of benzene rings is 1.